The molecule has 1 saturated carbocycles. The summed E-state index contributed by atoms with van der Waals surface area (Å²) in [7, 11) is 0. The molecule has 3 aromatic rings. The Bertz CT molecular complexity index is 984. The lowest BCUT2D eigenvalue weighted by Gasteiger charge is -2.27. The fraction of sp³-hybridized carbons (Fsp3) is 0.273. The molecule has 142 valence electrons. The molecule has 2 heterocycles. The van der Waals surface area contributed by atoms with E-state index in [0.29, 0.717) is 13.1 Å². The molecule has 2 aliphatic rings. The van der Waals surface area contributed by atoms with E-state index in [-0.39, 0.29) is 12.7 Å². The monoisotopic (exact) mass is 392 g/mol. The first-order valence-corrected chi connectivity index (χ1v) is 10.2. The Morgan fingerprint density at radius 3 is 2.64 bits per heavy atom. The largest absolute Gasteiger partial charge is 0.454 e. The fourth-order valence-corrected chi connectivity index (χ4v) is 4.40. The summed E-state index contributed by atoms with van der Waals surface area (Å²) in [5.74, 6) is 1.67. The molecule has 1 aliphatic carbocycles. The summed E-state index contributed by atoms with van der Waals surface area (Å²) in [6, 6.07) is 16.0. The van der Waals surface area contributed by atoms with Gasteiger partial charge in [0.25, 0.3) is 0 Å². The zero-order valence-corrected chi connectivity index (χ0v) is 16.2. The van der Waals surface area contributed by atoms with Gasteiger partial charge in [-0.25, -0.2) is 4.98 Å². The Kier molecular flexibility index (Phi) is 4.28. The maximum absolute atomic E-state index is 13.6. The zero-order valence-electron chi connectivity index (χ0n) is 15.3. The molecule has 6 heteroatoms. The predicted molar refractivity (Wildman–Crippen MR) is 106 cm³/mol. The lowest BCUT2D eigenvalue weighted by atomic mass is 9.94. The van der Waals surface area contributed by atoms with Crippen LogP contribution in [-0.2, 0) is 23.3 Å². The molecule has 0 unspecified atom stereocenters. The van der Waals surface area contributed by atoms with Gasteiger partial charge in [-0.15, -0.1) is 11.3 Å². The van der Waals surface area contributed by atoms with Gasteiger partial charge in [-0.1, -0.05) is 36.4 Å². The van der Waals surface area contributed by atoms with Crippen LogP contribution in [0.1, 0.15) is 29.0 Å². The summed E-state index contributed by atoms with van der Waals surface area (Å²) in [6.07, 6.45) is 3.57. The van der Waals surface area contributed by atoms with Crippen molar-refractivity contribution in [3.63, 3.8) is 0 Å². The number of thiazole rings is 1. The first-order valence-electron chi connectivity index (χ1n) is 9.36. The average molecular weight is 392 g/mol. The van der Waals surface area contributed by atoms with E-state index in [1.807, 2.05) is 46.7 Å². The van der Waals surface area contributed by atoms with Crippen LogP contribution in [0.4, 0.5) is 0 Å². The molecule has 0 saturated heterocycles. The fourth-order valence-electron chi connectivity index (χ4n) is 3.76. The highest BCUT2D eigenvalue weighted by molar-refractivity contribution is 7.09. The van der Waals surface area contributed by atoms with Crippen LogP contribution in [0.2, 0.25) is 0 Å². The van der Waals surface area contributed by atoms with Gasteiger partial charge >= 0.3 is 0 Å². The van der Waals surface area contributed by atoms with Crippen LogP contribution in [0.5, 0.6) is 11.5 Å². The highest BCUT2D eigenvalue weighted by Gasteiger charge is 2.53. The smallest absolute Gasteiger partial charge is 0.233 e. The van der Waals surface area contributed by atoms with Crippen molar-refractivity contribution in [3.8, 4) is 11.5 Å². The summed E-state index contributed by atoms with van der Waals surface area (Å²) in [5.41, 5.74) is 1.74. The first-order chi connectivity index (χ1) is 13.7. The highest BCUT2D eigenvalue weighted by Crippen LogP contribution is 2.50. The molecule has 0 radical (unpaired) electrons. The second kappa shape index (κ2) is 6.95. The Balaban J connectivity index is 1.44. The van der Waals surface area contributed by atoms with Gasteiger partial charge in [0.15, 0.2) is 11.5 Å². The molecule has 1 fully saturated rings. The molecular formula is C22H20N2O3S. The Hall–Kier alpha value is -2.86. The summed E-state index contributed by atoms with van der Waals surface area (Å²) < 4.78 is 10.9. The maximum atomic E-state index is 13.6. The van der Waals surface area contributed by atoms with E-state index < -0.39 is 5.41 Å². The molecule has 2 aromatic carbocycles. The molecule has 0 spiro atoms. The van der Waals surface area contributed by atoms with Crippen molar-refractivity contribution < 1.29 is 14.3 Å². The Morgan fingerprint density at radius 2 is 1.89 bits per heavy atom. The molecule has 5 rings (SSSR count). The lowest BCUT2D eigenvalue weighted by molar-refractivity contribution is -0.135. The van der Waals surface area contributed by atoms with Gasteiger partial charge < -0.3 is 14.4 Å². The molecule has 0 N–H and O–H groups in total. The normalized spacial score (nSPS) is 16.0. The van der Waals surface area contributed by atoms with E-state index in [9.17, 15) is 4.79 Å². The number of carbonyl (C=O) groups is 1. The van der Waals surface area contributed by atoms with Gasteiger partial charge in [0.2, 0.25) is 12.7 Å². The number of fused-ring (bicyclic) bond motifs is 1. The number of benzene rings is 2. The van der Waals surface area contributed by atoms with Crippen molar-refractivity contribution in [2.75, 3.05) is 6.79 Å². The molecular weight excluding hydrogens is 372 g/mol. The van der Waals surface area contributed by atoms with Crippen LogP contribution in [0.3, 0.4) is 0 Å². The minimum atomic E-state index is -0.394. The van der Waals surface area contributed by atoms with Gasteiger partial charge in [0.05, 0.1) is 12.0 Å². The number of rotatable bonds is 6. The van der Waals surface area contributed by atoms with E-state index in [1.54, 1.807) is 17.5 Å². The van der Waals surface area contributed by atoms with E-state index in [4.69, 9.17) is 9.47 Å². The number of aromatic nitrogens is 1. The second-order valence-electron chi connectivity index (χ2n) is 7.22. The van der Waals surface area contributed by atoms with Crippen molar-refractivity contribution in [1.29, 1.82) is 0 Å². The van der Waals surface area contributed by atoms with Crippen molar-refractivity contribution in [3.05, 3.63) is 76.2 Å². The van der Waals surface area contributed by atoms with Crippen LogP contribution in [0, 0.1) is 0 Å². The number of hydrogen-bond acceptors (Lipinski definition) is 5. The van der Waals surface area contributed by atoms with Gasteiger partial charge in [-0.3, -0.25) is 4.79 Å². The molecule has 0 atom stereocenters. The standard InChI is InChI=1S/C22H20N2O3S/c25-21(22(8-9-22)17-4-2-1-3-5-17)24(14-20-23-10-11-28-20)13-16-6-7-18-19(12-16)27-15-26-18/h1-7,10-12H,8-9,13-15H2. The molecule has 28 heavy (non-hydrogen) atoms. The number of amides is 1. The van der Waals surface area contributed by atoms with Gasteiger partial charge in [-0.05, 0) is 36.1 Å². The predicted octanol–water partition coefficient (Wildman–Crippen LogP) is 4.13. The summed E-state index contributed by atoms with van der Waals surface area (Å²) in [6.45, 7) is 1.28. The third-order valence-electron chi connectivity index (χ3n) is 5.39. The SMILES string of the molecule is O=C(N(Cc1ccc2c(c1)OCO2)Cc1nccs1)C1(c2ccccc2)CC1. The minimum absolute atomic E-state index is 0.173. The molecule has 1 amide bonds. The van der Waals surface area contributed by atoms with Crippen LogP contribution >= 0.6 is 11.3 Å². The molecule has 1 aromatic heterocycles. The van der Waals surface area contributed by atoms with Gasteiger partial charge in [0.1, 0.15) is 5.01 Å². The van der Waals surface area contributed by atoms with E-state index in [1.165, 1.54) is 0 Å². The van der Waals surface area contributed by atoms with E-state index >= 15 is 0 Å². The summed E-state index contributed by atoms with van der Waals surface area (Å²) in [4.78, 5) is 20.0. The minimum Gasteiger partial charge on any atom is -0.454 e. The zero-order chi connectivity index (χ0) is 19.0. The average Bonchev–Trinajstić information content (AvgIpc) is 3.13. The maximum Gasteiger partial charge on any atom is 0.233 e. The third-order valence-corrected chi connectivity index (χ3v) is 6.16. The van der Waals surface area contributed by atoms with Crippen LogP contribution in [-0.4, -0.2) is 22.6 Å². The Labute approximate surface area is 167 Å². The lowest BCUT2D eigenvalue weighted by Crippen LogP contribution is -2.38. The van der Waals surface area contributed by atoms with Crippen molar-refractivity contribution in [1.82, 2.24) is 9.88 Å². The van der Waals surface area contributed by atoms with Crippen molar-refractivity contribution >= 4 is 17.2 Å². The molecule has 5 nitrogen and oxygen atoms in total. The van der Waals surface area contributed by atoms with Crippen molar-refractivity contribution in [2.45, 2.75) is 31.3 Å². The van der Waals surface area contributed by atoms with Crippen LogP contribution in [0.15, 0.2) is 60.1 Å². The quantitative estimate of drug-likeness (QED) is 0.633. The first kappa shape index (κ1) is 17.3. The van der Waals surface area contributed by atoms with Crippen LogP contribution in [0.25, 0.3) is 0 Å². The Morgan fingerprint density at radius 1 is 1.07 bits per heavy atom. The van der Waals surface area contributed by atoms with E-state index in [2.05, 4.69) is 17.1 Å². The number of hydrogen-bond donors (Lipinski definition) is 0. The molecule has 0 bridgehead atoms. The van der Waals surface area contributed by atoms with Crippen molar-refractivity contribution in [2.24, 2.45) is 0 Å². The third kappa shape index (κ3) is 3.14. The summed E-state index contributed by atoms with van der Waals surface area (Å²) >= 11 is 1.58. The topological polar surface area (TPSA) is 51.7 Å². The number of carbonyl (C=O) groups excluding carboxylic acids is 1. The second-order valence-corrected chi connectivity index (χ2v) is 8.20. The van der Waals surface area contributed by atoms with Gasteiger partial charge in [-0.2, -0.15) is 0 Å². The van der Waals surface area contributed by atoms with Crippen LogP contribution < -0.4 is 9.47 Å². The number of ether oxygens (including phenoxy) is 2. The van der Waals surface area contributed by atoms with E-state index in [0.717, 1.165) is 40.5 Å². The highest BCUT2D eigenvalue weighted by atomic mass is 32.1. The molecule has 1 aliphatic heterocycles. The number of nitrogens with zero attached hydrogens (tertiary/aromatic N) is 2. The van der Waals surface area contributed by atoms with Gasteiger partial charge in [0, 0.05) is 18.1 Å². The summed E-state index contributed by atoms with van der Waals surface area (Å²) in [5, 5.41) is 2.89.